The quantitative estimate of drug-likeness (QED) is 0.641. The van der Waals surface area contributed by atoms with Gasteiger partial charge in [0.2, 0.25) is 11.2 Å². The van der Waals surface area contributed by atoms with Crippen molar-refractivity contribution in [1.29, 1.82) is 0 Å². The van der Waals surface area contributed by atoms with E-state index in [-0.39, 0.29) is 16.9 Å². The lowest BCUT2D eigenvalue weighted by Crippen LogP contribution is -2.13. The molecule has 6 nitrogen and oxygen atoms in total. The predicted molar refractivity (Wildman–Crippen MR) is 97.3 cm³/mol. The third kappa shape index (κ3) is 3.23. The molecule has 1 aromatic heterocycles. The molecule has 0 amide bonds. The van der Waals surface area contributed by atoms with Crippen molar-refractivity contribution in [3.63, 3.8) is 0 Å². The van der Waals surface area contributed by atoms with E-state index in [1.54, 1.807) is 30.3 Å². The smallest absolute Gasteiger partial charge is 0.308 e. The molecule has 2 aromatic carbocycles. The van der Waals surface area contributed by atoms with Crippen molar-refractivity contribution < 1.29 is 23.4 Å². The van der Waals surface area contributed by atoms with E-state index >= 15 is 0 Å². The molecular weight excluding hydrogens is 360 g/mol. The van der Waals surface area contributed by atoms with E-state index in [9.17, 15) is 9.59 Å². The van der Waals surface area contributed by atoms with E-state index in [2.05, 4.69) is 0 Å². The van der Waals surface area contributed by atoms with Gasteiger partial charge in [0.25, 0.3) is 0 Å². The molecule has 0 radical (unpaired) electrons. The van der Waals surface area contributed by atoms with Gasteiger partial charge < -0.3 is 18.6 Å². The van der Waals surface area contributed by atoms with E-state index < -0.39 is 11.4 Å². The maximum absolute atomic E-state index is 12.9. The molecule has 0 unspecified atom stereocenters. The Kier molecular flexibility index (Phi) is 4.86. The Hall–Kier alpha value is -2.99. The Morgan fingerprint density at radius 2 is 1.85 bits per heavy atom. The van der Waals surface area contributed by atoms with Gasteiger partial charge in [-0.2, -0.15) is 0 Å². The van der Waals surface area contributed by atoms with Crippen molar-refractivity contribution in [1.82, 2.24) is 0 Å². The number of hydrogen-bond acceptors (Lipinski definition) is 6. The molecule has 26 heavy (non-hydrogen) atoms. The lowest BCUT2D eigenvalue weighted by molar-refractivity contribution is -0.132. The van der Waals surface area contributed by atoms with Crippen LogP contribution in [-0.2, 0) is 4.79 Å². The molecule has 7 heteroatoms. The highest BCUT2D eigenvalue weighted by atomic mass is 35.5. The minimum atomic E-state index is -0.651. The van der Waals surface area contributed by atoms with E-state index in [0.717, 1.165) is 0 Å². The van der Waals surface area contributed by atoms with Gasteiger partial charge in [0.05, 0.1) is 25.2 Å². The van der Waals surface area contributed by atoms with Crippen LogP contribution in [0.2, 0.25) is 5.02 Å². The highest BCUT2D eigenvalue weighted by molar-refractivity contribution is 6.31. The summed E-state index contributed by atoms with van der Waals surface area (Å²) in [6, 6.07) is 9.64. The van der Waals surface area contributed by atoms with Gasteiger partial charge in [-0.05, 0) is 36.4 Å². The summed E-state index contributed by atoms with van der Waals surface area (Å²) in [7, 11) is 2.99. The fourth-order valence-corrected chi connectivity index (χ4v) is 2.73. The van der Waals surface area contributed by atoms with Gasteiger partial charge in [0.15, 0.2) is 5.76 Å². The summed E-state index contributed by atoms with van der Waals surface area (Å²) < 4.78 is 21.6. The summed E-state index contributed by atoms with van der Waals surface area (Å²) in [5, 5.41) is 0.574. The number of carbonyl (C=O) groups excluding carboxylic acids is 1. The minimum absolute atomic E-state index is 0.0655. The third-order valence-electron chi connectivity index (χ3n) is 3.71. The molecular formula is C19H15ClO6. The number of esters is 1. The Morgan fingerprint density at radius 3 is 2.50 bits per heavy atom. The van der Waals surface area contributed by atoms with Crippen LogP contribution < -0.4 is 19.6 Å². The maximum atomic E-state index is 12.9. The first kappa shape index (κ1) is 17.8. The topological polar surface area (TPSA) is 75.0 Å². The minimum Gasteiger partial charge on any atom is -0.497 e. The SMILES string of the molecule is COc1ccc(OC)c(-c2oc3ccc(Cl)cc3c(=O)c2OC(C)=O)c1. The zero-order valence-electron chi connectivity index (χ0n) is 14.3. The molecule has 0 atom stereocenters. The predicted octanol–water partition coefficient (Wildman–Crippen LogP) is 4.06. The average molecular weight is 375 g/mol. The van der Waals surface area contributed by atoms with E-state index in [4.69, 9.17) is 30.2 Å². The van der Waals surface area contributed by atoms with Crippen LogP contribution in [0.4, 0.5) is 0 Å². The van der Waals surface area contributed by atoms with Crippen LogP contribution in [0.3, 0.4) is 0 Å². The number of fused-ring (bicyclic) bond motifs is 1. The summed E-state index contributed by atoms with van der Waals surface area (Å²) in [6.07, 6.45) is 0. The Labute approximate surface area is 153 Å². The number of carbonyl (C=O) groups is 1. The summed E-state index contributed by atoms with van der Waals surface area (Å²) in [5.41, 5.74) is 0.205. The highest BCUT2D eigenvalue weighted by Crippen LogP contribution is 2.39. The van der Waals surface area contributed by atoms with Crippen LogP contribution in [0.1, 0.15) is 6.92 Å². The van der Waals surface area contributed by atoms with Gasteiger partial charge in [-0.15, -0.1) is 0 Å². The number of benzene rings is 2. The maximum Gasteiger partial charge on any atom is 0.308 e. The van der Waals surface area contributed by atoms with Crippen LogP contribution in [-0.4, -0.2) is 20.2 Å². The second-order valence-electron chi connectivity index (χ2n) is 5.39. The first-order valence-corrected chi connectivity index (χ1v) is 7.99. The largest absolute Gasteiger partial charge is 0.497 e. The van der Waals surface area contributed by atoms with Gasteiger partial charge in [-0.25, -0.2) is 0 Å². The van der Waals surface area contributed by atoms with Gasteiger partial charge >= 0.3 is 5.97 Å². The molecule has 3 rings (SSSR count). The highest BCUT2D eigenvalue weighted by Gasteiger charge is 2.22. The normalized spacial score (nSPS) is 10.6. The summed E-state index contributed by atoms with van der Waals surface area (Å²) in [6.45, 7) is 1.20. The summed E-state index contributed by atoms with van der Waals surface area (Å²) >= 11 is 5.97. The number of ether oxygens (including phenoxy) is 3. The molecule has 0 saturated carbocycles. The molecule has 0 bridgehead atoms. The molecule has 3 aromatic rings. The summed E-state index contributed by atoms with van der Waals surface area (Å²) in [5.74, 6) is 0.125. The molecule has 1 heterocycles. The monoisotopic (exact) mass is 374 g/mol. The van der Waals surface area contributed by atoms with Gasteiger partial charge in [0, 0.05) is 11.9 Å². The Balaban J connectivity index is 2.40. The number of rotatable bonds is 4. The van der Waals surface area contributed by atoms with Crippen LogP contribution >= 0.6 is 11.6 Å². The van der Waals surface area contributed by atoms with E-state index in [0.29, 0.717) is 27.7 Å². The Morgan fingerprint density at radius 1 is 1.08 bits per heavy atom. The molecule has 0 aliphatic heterocycles. The van der Waals surface area contributed by atoms with Crippen LogP contribution in [0, 0.1) is 0 Å². The van der Waals surface area contributed by atoms with Crippen molar-refractivity contribution in [3.8, 4) is 28.6 Å². The van der Waals surface area contributed by atoms with Crippen LogP contribution in [0.15, 0.2) is 45.6 Å². The molecule has 0 N–H and O–H groups in total. The lowest BCUT2D eigenvalue weighted by atomic mass is 10.1. The molecule has 0 fully saturated rings. The van der Waals surface area contributed by atoms with Gasteiger partial charge in [-0.3, -0.25) is 9.59 Å². The number of methoxy groups -OCH3 is 2. The lowest BCUT2D eigenvalue weighted by Gasteiger charge is -2.13. The second kappa shape index (κ2) is 7.09. The fourth-order valence-electron chi connectivity index (χ4n) is 2.56. The zero-order valence-corrected chi connectivity index (χ0v) is 15.0. The standard InChI is InChI=1S/C19H15ClO6/c1-10(21)25-19-17(22)13-8-11(20)4-6-16(13)26-18(19)14-9-12(23-2)5-7-15(14)24-3/h4-9H,1-3H3. The zero-order chi connectivity index (χ0) is 18.8. The molecule has 0 aliphatic rings. The van der Waals surface area contributed by atoms with Gasteiger partial charge in [0.1, 0.15) is 17.1 Å². The van der Waals surface area contributed by atoms with Crippen molar-refractivity contribution in [2.24, 2.45) is 0 Å². The first-order valence-electron chi connectivity index (χ1n) is 7.61. The van der Waals surface area contributed by atoms with Crippen LogP contribution in [0.5, 0.6) is 17.2 Å². The van der Waals surface area contributed by atoms with E-state index in [1.165, 1.54) is 27.2 Å². The summed E-state index contributed by atoms with van der Waals surface area (Å²) in [4.78, 5) is 24.4. The van der Waals surface area contributed by atoms with Gasteiger partial charge in [-0.1, -0.05) is 11.6 Å². The molecule has 0 saturated heterocycles. The van der Waals surface area contributed by atoms with Crippen molar-refractivity contribution in [3.05, 3.63) is 51.6 Å². The van der Waals surface area contributed by atoms with Crippen molar-refractivity contribution in [2.45, 2.75) is 6.92 Å². The molecule has 134 valence electrons. The third-order valence-corrected chi connectivity index (χ3v) is 3.94. The number of hydrogen-bond donors (Lipinski definition) is 0. The average Bonchev–Trinajstić information content (AvgIpc) is 2.63. The van der Waals surface area contributed by atoms with E-state index in [1.807, 2.05) is 0 Å². The molecule has 0 spiro atoms. The Bertz CT molecular complexity index is 1050. The first-order chi connectivity index (χ1) is 12.4. The van der Waals surface area contributed by atoms with Crippen molar-refractivity contribution >= 4 is 28.5 Å². The number of halogens is 1. The fraction of sp³-hybridized carbons (Fsp3) is 0.158. The second-order valence-corrected chi connectivity index (χ2v) is 5.83. The van der Waals surface area contributed by atoms with Crippen LogP contribution in [0.25, 0.3) is 22.3 Å². The molecule has 0 aliphatic carbocycles. The van der Waals surface area contributed by atoms with Crippen molar-refractivity contribution in [2.75, 3.05) is 14.2 Å².